The highest BCUT2D eigenvalue weighted by molar-refractivity contribution is 5.24. The first-order valence-electron chi connectivity index (χ1n) is 5.71. The molecule has 0 aliphatic carbocycles. The quantitative estimate of drug-likeness (QED) is 0.803. The van der Waals surface area contributed by atoms with E-state index in [1.54, 1.807) is 6.07 Å². The van der Waals surface area contributed by atoms with E-state index in [1.807, 2.05) is 19.1 Å². The lowest BCUT2D eigenvalue weighted by Gasteiger charge is -2.09. The molecule has 1 heterocycles. The predicted octanol–water partition coefficient (Wildman–Crippen LogP) is 2.68. The topological polar surface area (TPSA) is 12.0 Å². The van der Waals surface area contributed by atoms with Crippen LogP contribution in [0.4, 0.5) is 4.39 Å². The van der Waals surface area contributed by atoms with Crippen molar-refractivity contribution >= 4 is 0 Å². The lowest BCUT2D eigenvalue weighted by Crippen LogP contribution is -2.09. The molecule has 1 atom stereocenters. The van der Waals surface area contributed by atoms with Crippen LogP contribution in [0.25, 0.3) is 0 Å². The first-order valence-corrected chi connectivity index (χ1v) is 5.71. The highest BCUT2D eigenvalue weighted by Crippen LogP contribution is 2.18. The first kappa shape index (κ1) is 10.6. The van der Waals surface area contributed by atoms with Gasteiger partial charge in [-0.3, -0.25) is 0 Å². The molecular formula is C13H18FN. The summed E-state index contributed by atoms with van der Waals surface area (Å²) in [6, 6.07) is 5.38. The van der Waals surface area contributed by atoms with Gasteiger partial charge in [-0.15, -0.1) is 0 Å². The minimum absolute atomic E-state index is 0.0495. The lowest BCUT2D eigenvalue weighted by molar-refractivity contribution is 0.519. The summed E-state index contributed by atoms with van der Waals surface area (Å²) < 4.78 is 13.4. The summed E-state index contributed by atoms with van der Waals surface area (Å²) in [5, 5.41) is 3.34. The maximum absolute atomic E-state index is 13.4. The minimum Gasteiger partial charge on any atom is -0.316 e. The molecule has 1 aliphatic rings. The second-order valence-corrected chi connectivity index (χ2v) is 4.49. The van der Waals surface area contributed by atoms with Gasteiger partial charge in [0.25, 0.3) is 0 Å². The van der Waals surface area contributed by atoms with Crippen LogP contribution in [0.5, 0.6) is 0 Å². The van der Waals surface area contributed by atoms with E-state index in [-0.39, 0.29) is 5.82 Å². The van der Waals surface area contributed by atoms with E-state index in [9.17, 15) is 4.39 Å². The first-order chi connectivity index (χ1) is 7.25. The average molecular weight is 207 g/mol. The number of aryl methyl sites for hydroxylation is 2. The Balaban J connectivity index is 1.94. The van der Waals surface area contributed by atoms with Gasteiger partial charge in [0.05, 0.1) is 0 Å². The summed E-state index contributed by atoms with van der Waals surface area (Å²) in [6.45, 7) is 4.24. The van der Waals surface area contributed by atoms with Crippen LogP contribution >= 0.6 is 0 Å². The highest BCUT2D eigenvalue weighted by atomic mass is 19.1. The molecule has 0 amide bonds. The van der Waals surface area contributed by atoms with Crippen molar-refractivity contribution in [3.63, 3.8) is 0 Å². The molecule has 1 N–H and O–H groups in total. The molecule has 0 radical (unpaired) electrons. The molecule has 82 valence electrons. The van der Waals surface area contributed by atoms with E-state index in [0.717, 1.165) is 43.0 Å². The maximum atomic E-state index is 13.4. The van der Waals surface area contributed by atoms with E-state index in [1.165, 1.54) is 6.42 Å². The minimum atomic E-state index is -0.0495. The van der Waals surface area contributed by atoms with Gasteiger partial charge in [0.2, 0.25) is 0 Å². The third-order valence-electron chi connectivity index (χ3n) is 3.19. The summed E-state index contributed by atoms with van der Waals surface area (Å²) in [4.78, 5) is 0. The molecule has 1 aromatic carbocycles. The maximum Gasteiger partial charge on any atom is 0.126 e. The second-order valence-electron chi connectivity index (χ2n) is 4.49. The number of nitrogens with one attached hydrogen (secondary N) is 1. The third-order valence-corrected chi connectivity index (χ3v) is 3.19. The fraction of sp³-hybridized carbons (Fsp3) is 0.538. The van der Waals surface area contributed by atoms with Crippen molar-refractivity contribution in [1.82, 2.24) is 5.32 Å². The molecule has 2 rings (SSSR count). The van der Waals surface area contributed by atoms with Crippen molar-refractivity contribution < 1.29 is 4.39 Å². The Morgan fingerprint density at radius 1 is 1.47 bits per heavy atom. The zero-order chi connectivity index (χ0) is 10.7. The highest BCUT2D eigenvalue weighted by Gasteiger charge is 2.14. The van der Waals surface area contributed by atoms with Gasteiger partial charge in [0.1, 0.15) is 5.82 Å². The van der Waals surface area contributed by atoms with E-state index < -0.39 is 0 Å². The normalized spacial score (nSPS) is 20.8. The van der Waals surface area contributed by atoms with Crippen LogP contribution in [-0.2, 0) is 6.42 Å². The molecule has 2 heteroatoms. The van der Waals surface area contributed by atoms with Crippen molar-refractivity contribution in [1.29, 1.82) is 0 Å². The van der Waals surface area contributed by atoms with Crippen molar-refractivity contribution in [3.05, 3.63) is 35.1 Å². The van der Waals surface area contributed by atoms with Gasteiger partial charge in [0, 0.05) is 0 Å². The molecule has 0 saturated carbocycles. The van der Waals surface area contributed by atoms with Crippen LogP contribution in [0.3, 0.4) is 0 Å². The zero-order valence-electron chi connectivity index (χ0n) is 9.22. The molecule has 0 aromatic heterocycles. The van der Waals surface area contributed by atoms with Crippen molar-refractivity contribution in [2.75, 3.05) is 13.1 Å². The third kappa shape index (κ3) is 2.78. The van der Waals surface area contributed by atoms with Gasteiger partial charge >= 0.3 is 0 Å². The van der Waals surface area contributed by atoms with Crippen LogP contribution in [-0.4, -0.2) is 13.1 Å². The Kier molecular flexibility index (Phi) is 3.37. The smallest absolute Gasteiger partial charge is 0.126 e. The van der Waals surface area contributed by atoms with E-state index >= 15 is 0 Å². The molecule has 0 unspecified atom stereocenters. The van der Waals surface area contributed by atoms with Gasteiger partial charge in [-0.05, 0) is 56.8 Å². The van der Waals surface area contributed by atoms with Crippen molar-refractivity contribution in [3.8, 4) is 0 Å². The van der Waals surface area contributed by atoms with Gasteiger partial charge < -0.3 is 5.32 Å². The van der Waals surface area contributed by atoms with Crippen LogP contribution < -0.4 is 5.32 Å². The molecule has 1 aromatic rings. The Labute approximate surface area is 90.7 Å². The van der Waals surface area contributed by atoms with Crippen molar-refractivity contribution in [2.45, 2.75) is 26.2 Å². The summed E-state index contributed by atoms with van der Waals surface area (Å²) >= 11 is 0. The molecule has 15 heavy (non-hydrogen) atoms. The SMILES string of the molecule is Cc1ccc(F)c(CC[C@H]2CCNC2)c1. The van der Waals surface area contributed by atoms with Crippen molar-refractivity contribution in [2.24, 2.45) is 5.92 Å². The largest absolute Gasteiger partial charge is 0.316 e. The molecule has 1 aliphatic heterocycles. The molecule has 1 nitrogen and oxygen atoms in total. The number of hydrogen-bond donors (Lipinski definition) is 1. The summed E-state index contributed by atoms with van der Waals surface area (Å²) in [7, 11) is 0. The Morgan fingerprint density at radius 2 is 2.33 bits per heavy atom. The standard InChI is InChI=1S/C13H18FN/c1-10-2-5-13(14)12(8-10)4-3-11-6-7-15-9-11/h2,5,8,11,15H,3-4,6-7,9H2,1H3/t11-/m0/s1. The van der Waals surface area contributed by atoms with E-state index in [4.69, 9.17) is 0 Å². The molecule has 1 saturated heterocycles. The Hall–Kier alpha value is -0.890. The molecule has 0 spiro atoms. The summed E-state index contributed by atoms with van der Waals surface area (Å²) in [6.07, 6.45) is 3.22. The summed E-state index contributed by atoms with van der Waals surface area (Å²) in [5.41, 5.74) is 2.03. The number of hydrogen-bond acceptors (Lipinski definition) is 1. The fourth-order valence-electron chi connectivity index (χ4n) is 2.22. The number of halogens is 1. The summed E-state index contributed by atoms with van der Waals surface area (Å²) in [5.74, 6) is 0.691. The fourth-order valence-corrected chi connectivity index (χ4v) is 2.22. The van der Waals surface area contributed by atoms with E-state index in [2.05, 4.69) is 5.32 Å². The van der Waals surface area contributed by atoms with Crippen LogP contribution in [0, 0.1) is 18.7 Å². The van der Waals surface area contributed by atoms with Crippen LogP contribution in [0.15, 0.2) is 18.2 Å². The predicted molar refractivity (Wildman–Crippen MR) is 60.4 cm³/mol. The van der Waals surface area contributed by atoms with Gasteiger partial charge in [-0.2, -0.15) is 0 Å². The Bertz CT molecular complexity index is 329. The van der Waals surface area contributed by atoms with Gasteiger partial charge in [0.15, 0.2) is 0 Å². The van der Waals surface area contributed by atoms with Crippen LogP contribution in [0.2, 0.25) is 0 Å². The zero-order valence-corrected chi connectivity index (χ0v) is 9.22. The second kappa shape index (κ2) is 4.75. The average Bonchev–Trinajstić information content (AvgIpc) is 2.72. The lowest BCUT2D eigenvalue weighted by atomic mass is 9.98. The van der Waals surface area contributed by atoms with Gasteiger partial charge in [-0.1, -0.05) is 17.7 Å². The molecule has 0 bridgehead atoms. The molecule has 1 fully saturated rings. The Morgan fingerprint density at radius 3 is 3.07 bits per heavy atom. The van der Waals surface area contributed by atoms with Gasteiger partial charge in [-0.25, -0.2) is 4.39 Å². The number of rotatable bonds is 3. The molecular weight excluding hydrogens is 189 g/mol. The monoisotopic (exact) mass is 207 g/mol. The van der Waals surface area contributed by atoms with E-state index in [0.29, 0.717) is 0 Å². The number of benzene rings is 1. The van der Waals surface area contributed by atoms with Crippen LogP contribution in [0.1, 0.15) is 24.0 Å².